The van der Waals surface area contributed by atoms with Gasteiger partial charge >= 0.3 is 0 Å². The third kappa shape index (κ3) is 3.65. The van der Waals surface area contributed by atoms with E-state index in [1.807, 2.05) is 41.2 Å². The average molecular weight is 310 g/mol. The van der Waals surface area contributed by atoms with Gasteiger partial charge in [0.05, 0.1) is 17.3 Å². The van der Waals surface area contributed by atoms with Gasteiger partial charge in [-0.15, -0.1) is 0 Å². The largest absolute Gasteiger partial charge is 0.368 e. The van der Waals surface area contributed by atoms with Gasteiger partial charge < -0.3 is 10.6 Å². The van der Waals surface area contributed by atoms with E-state index in [0.29, 0.717) is 0 Å². The highest BCUT2D eigenvalue weighted by molar-refractivity contribution is 5.87. The molecule has 0 unspecified atom stereocenters. The molecule has 23 heavy (non-hydrogen) atoms. The second-order valence-corrected chi connectivity index (χ2v) is 6.46. The molecule has 2 aromatic heterocycles. The number of fused-ring (bicyclic) bond motifs is 1. The van der Waals surface area contributed by atoms with Crippen molar-refractivity contribution in [1.29, 1.82) is 0 Å². The summed E-state index contributed by atoms with van der Waals surface area (Å²) in [6.07, 6.45) is 3.38. The van der Waals surface area contributed by atoms with E-state index in [-0.39, 0.29) is 5.54 Å². The Bertz CT molecular complexity index is 773. The molecule has 0 radical (unpaired) electrons. The van der Waals surface area contributed by atoms with Gasteiger partial charge in [-0.2, -0.15) is 5.10 Å². The maximum atomic E-state index is 4.45. The summed E-state index contributed by atoms with van der Waals surface area (Å²) in [6, 6.07) is 9.98. The highest BCUT2D eigenvalue weighted by Crippen LogP contribution is 2.21. The van der Waals surface area contributed by atoms with Gasteiger partial charge in [-0.05, 0) is 32.9 Å². The molecule has 0 aliphatic heterocycles. The second-order valence-electron chi connectivity index (χ2n) is 6.46. The van der Waals surface area contributed by atoms with Crippen molar-refractivity contribution in [3.63, 3.8) is 0 Å². The predicted octanol–water partition coefficient (Wildman–Crippen LogP) is 2.62. The van der Waals surface area contributed by atoms with Crippen LogP contribution in [0.25, 0.3) is 16.7 Å². The molecule has 3 aromatic rings. The number of rotatable bonds is 5. The van der Waals surface area contributed by atoms with Crippen LogP contribution in [0.4, 0.5) is 5.82 Å². The van der Waals surface area contributed by atoms with Crippen molar-refractivity contribution in [2.45, 2.75) is 26.3 Å². The van der Waals surface area contributed by atoms with Crippen molar-refractivity contribution in [2.75, 3.05) is 18.4 Å². The van der Waals surface area contributed by atoms with E-state index in [1.54, 1.807) is 6.33 Å². The first kappa shape index (κ1) is 15.4. The average Bonchev–Trinajstić information content (AvgIpc) is 2.96. The number of para-hydroxylation sites is 1. The van der Waals surface area contributed by atoms with Gasteiger partial charge in [0.25, 0.3) is 0 Å². The topological polar surface area (TPSA) is 67.7 Å². The number of nitrogens with zero attached hydrogens (tertiary/aromatic N) is 4. The lowest BCUT2D eigenvalue weighted by atomic mass is 10.1. The van der Waals surface area contributed by atoms with Crippen molar-refractivity contribution in [1.82, 2.24) is 25.1 Å². The van der Waals surface area contributed by atoms with Crippen molar-refractivity contribution in [3.05, 3.63) is 42.9 Å². The Labute approximate surface area is 136 Å². The number of hydrogen-bond acceptors (Lipinski definition) is 5. The zero-order valence-electron chi connectivity index (χ0n) is 13.7. The highest BCUT2D eigenvalue weighted by atomic mass is 15.3. The fourth-order valence-electron chi connectivity index (χ4n) is 2.36. The molecule has 0 saturated carbocycles. The van der Waals surface area contributed by atoms with Crippen LogP contribution in [0.3, 0.4) is 0 Å². The van der Waals surface area contributed by atoms with Gasteiger partial charge in [-0.3, -0.25) is 0 Å². The Balaban J connectivity index is 1.79. The zero-order valence-corrected chi connectivity index (χ0v) is 13.7. The third-order valence-electron chi connectivity index (χ3n) is 3.44. The van der Waals surface area contributed by atoms with Crippen LogP contribution >= 0.6 is 0 Å². The summed E-state index contributed by atoms with van der Waals surface area (Å²) in [5.74, 6) is 0.813. The number of anilines is 1. The van der Waals surface area contributed by atoms with Crippen LogP contribution in [0.1, 0.15) is 20.8 Å². The van der Waals surface area contributed by atoms with E-state index in [1.165, 1.54) is 0 Å². The summed E-state index contributed by atoms with van der Waals surface area (Å²) in [5.41, 5.74) is 1.90. The quantitative estimate of drug-likeness (QED) is 0.709. The lowest BCUT2D eigenvalue weighted by Gasteiger charge is -2.20. The maximum absolute atomic E-state index is 4.45. The predicted molar refractivity (Wildman–Crippen MR) is 92.9 cm³/mol. The fourth-order valence-corrected chi connectivity index (χ4v) is 2.36. The van der Waals surface area contributed by atoms with Crippen LogP contribution in [-0.4, -0.2) is 38.4 Å². The minimum Gasteiger partial charge on any atom is -0.368 e. The standard InChI is InChI=1S/C17H22N6/c1-17(2,3)21-10-9-18-15-14-11-22-23(16(14)20-12-19-15)13-7-5-4-6-8-13/h4-8,11-12,21H,9-10H2,1-3H3,(H,18,19,20). The minimum atomic E-state index is 0.112. The summed E-state index contributed by atoms with van der Waals surface area (Å²) in [4.78, 5) is 8.72. The lowest BCUT2D eigenvalue weighted by Crippen LogP contribution is -2.38. The molecule has 2 heterocycles. The van der Waals surface area contributed by atoms with Crippen LogP contribution < -0.4 is 10.6 Å². The molecule has 1 aromatic carbocycles. The summed E-state index contributed by atoms with van der Waals surface area (Å²) < 4.78 is 1.83. The van der Waals surface area contributed by atoms with Gasteiger partial charge in [-0.1, -0.05) is 18.2 Å². The van der Waals surface area contributed by atoms with E-state index in [0.717, 1.165) is 35.6 Å². The van der Waals surface area contributed by atoms with Crippen LogP contribution in [0.5, 0.6) is 0 Å². The van der Waals surface area contributed by atoms with Gasteiger partial charge in [0.2, 0.25) is 0 Å². The molecule has 0 aliphatic carbocycles. The third-order valence-corrected chi connectivity index (χ3v) is 3.44. The zero-order chi connectivity index (χ0) is 16.3. The molecule has 2 N–H and O–H groups in total. The van der Waals surface area contributed by atoms with Crippen molar-refractivity contribution in [2.24, 2.45) is 0 Å². The number of benzene rings is 1. The normalized spacial score (nSPS) is 11.8. The van der Waals surface area contributed by atoms with Crippen molar-refractivity contribution < 1.29 is 0 Å². The molecule has 0 saturated heterocycles. The van der Waals surface area contributed by atoms with E-state index in [9.17, 15) is 0 Å². The van der Waals surface area contributed by atoms with Crippen molar-refractivity contribution >= 4 is 16.9 Å². The maximum Gasteiger partial charge on any atom is 0.168 e. The van der Waals surface area contributed by atoms with Crippen molar-refractivity contribution in [3.8, 4) is 5.69 Å². The summed E-state index contributed by atoms with van der Waals surface area (Å²) >= 11 is 0. The Morgan fingerprint density at radius 1 is 1.04 bits per heavy atom. The van der Waals surface area contributed by atoms with Crippen LogP contribution in [0, 0.1) is 0 Å². The Hall–Kier alpha value is -2.47. The van der Waals surface area contributed by atoms with E-state index < -0.39 is 0 Å². The van der Waals surface area contributed by atoms with E-state index in [4.69, 9.17) is 0 Å². The van der Waals surface area contributed by atoms with Gasteiger partial charge in [0.1, 0.15) is 12.1 Å². The summed E-state index contributed by atoms with van der Waals surface area (Å²) in [5, 5.41) is 12.2. The Morgan fingerprint density at radius 2 is 1.83 bits per heavy atom. The van der Waals surface area contributed by atoms with Gasteiger partial charge in [0.15, 0.2) is 5.65 Å². The first-order valence-electron chi connectivity index (χ1n) is 7.78. The molecule has 0 fully saturated rings. The molecular weight excluding hydrogens is 288 g/mol. The van der Waals surface area contributed by atoms with Crippen LogP contribution in [-0.2, 0) is 0 Å². The number of nitrogens with one attached hydrogen (secondary N) is 2. The molecule has 6 nitrogen and oxygen atoms in total. The van der Waals surface area contributed by atoms with Gasteiger partial charge in [0, 0.05) is 18.6 Å². The summed E-state index contributed by atoms with van der Waals surface area (Å²) in [7, 11) is 0. The lowest BCUT2D eigenvalue weighted by molar-refractivity contribution is 0.435. The fraction of sp³-hybridized carbons (Fsp3) is 0.353. The van der Waals surface area contributed by atoms with Gasteiger partial charge in [-0.25, -0.2) is 14.6 Å². The van der Waals surface area contributed by atoms with E-state index in [2.05, 4.69) is 46.5 Å². The molecule has 120 valence electrons. The first-order valence-corrected chi connectivity index (χ1v) is 7.78. The highest BCUT2D eigenvalue weighted by Gasteiger charge is 2.11. The molecular formula is C17H22N6. The molecule has 6 heteroatoms. The molecule has 3 rings (SSSR count). The first-order chi connectivity index (χ1) is 11.0. The monoisotopic (exact) mass is 310 g/mol. The second kappa shape index (κ2) is 6.34. The Kier molecular flexibility index (Phi) is 4.25. The molecule has 0 amide bonds. The Morgan fingerprint density at radius 3 is 2.57 bits per heavy atom. The molecule has 0 aliphatic rings. The van der Waals surface area contributed by atoms with Crippen LogP contribution in [0.2, 0.25) is 0 Å². The van der Waals surface area contributed by atoms with E-state index >= 15 is 0 Å². The smallest absolute Gasteiger partial charge is 0.168 e. The molecule has 0 bridgehead atoms. The molecule has 0 spiro atoms. The number of aromatic nitrogens is 4. The summed E-state index contributed by atoms with van der Waals surface area (Å²) in [6.45, 7) is 8.11. The SMILES string of the molecule is CC(C)(C)NCCNc1ncnc2c1cnn2-c1ccccc1. The van der Waals surface area contributed by atoms with Crippen LogP contribution in [0.15, 0.2) is 42.9 Å². The minimum absolute atomic E-state index is 0.112. The number of hydrogen-bond donors (Lipinski definition) is 2. The molecule has 0 atom stereocenters.